The average Bonchev–Trinajstić information content (AvgIpc) is 1.89. The second-order valence-electron chi connectivity index (χ2n) is 2.84. The standard InChI is InChI=1S/C7H14BF/c1-3-7(2,6-9)4-5-8/h3-6H2,1-2H3. The molecule has 0 aliphatic heterocycles. The average molecular weight is 128 g/mol. The summed E-state index contributed by atoms with van der Waals surface area (Å²) >= 11 is 0. The molecular weight excluding hydrogens is 114 g/mol. The first-order valence-electron chi connectivity index (χ1n) is 3.44. The van der Waals surface area contributed by atoms with E-state index in [2.05, 4.69) is 0 Å². The van der Waals surface area contributed by atoms with Crippen molar-refractivity contribution in [2.45, 2.75) is 33.0 Å². The molecule has 9 heavy (non-hydrogen) atoms. The Morgan fingerprint density at radius 2 is 2.11 bits per heavy atom. The lowest BCUT2D eigenvalue weighted by Gasteiger charge is -2.23. The highest BCUT2D eigenvalue weighted by Crippen LogP contribution is 2.26. The first-order valence-corrected chi connectivity index (χ1v) is 3.44. The quantitative estimate of drug-likeness (QED) is 0.509. The highest BCUT2D eigenvalue weighted by Gasteiger charge is 2.19. The third-order valence-electron chi connectivity index (χ3n) is 1.92. The van der Waals surface area contributed by atoms with Gasteiger partial charge in [0.1, 0.15) is 0 Å². The molecule has 1 unspecified atom stereocenters. The topological polar surface area (TPSA) is 0 Å². The van der Waals surface area contributed by atoms with Gasteiger partial charge in [-0.15, -0.1) is 0 Å². The van der Waals surface area contributed by atoms with Gasteiger partial charge in [-0.05, 0) is 11.8 Å². The summed E-state index contributed by atoms with van der Waals surface area (Å²) in [5.41, 5.74) is -0.158. The normalized spacial score (nSPS) is 17.2. The SMILES string of the molecule is [B]CCC(C)(CC)CF. The summed E-state index contributed by atoms with van der Waals surface area (Å²) in [6, 6.07) is 0. The number of hydrogen-bond acceptors (Lipinski definition) is 0. The van der Waals surface area contributed by atoms with Crippen LogP contribution in [0.4, 0.5) is 4.39 Å². The van der Waals surface area contributed by atoms with Crippen molar-refractivity contribution in [3.05, 3.63) is 0 Å². The maximum atomic E-state index is 12.2. The summed E-state index contributed by atoms with van der Waals surface area (Å²) in [5.74, 6) is 0. The van der Waals surface area contributed by atoms with Gasteiger partial charge in [-0.3, -0.25) is 4.39 Å². The van der Waals surface area contributed by atoms with Gasteiger partial charge in [0.2, 0.25) is 0 Å². The van der Waals surface area contributed by atoms with Gasteiger partial charge in [0, 0.05) is 0 Å². The maximum Gasteiger partial charge on any atom is 0.0947 e. The molecule has 0 saturated heterocycles. The van der Waals surface area contributed by atoms with E-state index in [9.17, 15) is 4.39 Å². The fraction of sp³-hybridized carbons (Fsp3) is 1.00. The molecule has 0 saturated carbocycles. The lowest BCUT2D eigenvalue weighted by Crippen LogP contribution is -2.17. The zero-order valence-electron chi connectivity index (χ0n) is 6.28. The largest absolute Gasteiger partial charge is 0.251 e. The third-order valence-corrected chi connectivity index (χ3v) is 1.92. The van der Waals surface area contributed by atoms with Crippen LogP contribution in [0.3, 0.4) is 0 Å². The maximum absolute atomic E-state index is 12.2. The van der Waals surface area contributed by atoms with Crippen molar-refractivity contribution in [1.82, 2.24) is 0 Å². The van der Waals surface area contributed by atoms with E-state index in [1.807, 2.05) is 13.8 Å². The van der Waals surface area contributed by atoms with Crippen LogP contribution in [-0.4, -0.2) is 14.5 Å². The Bertz CT molecular complexity index is 69.3. The molecule has 0 nitrogen and oxygen atoms in total. The lowest BCUT2D eigenvalue weighted by atomic mass is 9.80. The Labute approximate surface area is 58.2 Å². The van der Waals surface area contributed by atoms with Crippen molar-refractivity contribution in [3.63, 3.8) is 0 Å². The van der Waals surface area contributed by atoms with Crippen LogP contribution in [-0.2, 0) is 0 Å². The van der Waals surface area contributed by atoms with Crippen LogP contribution < -0.4 is 0 Å². The van der Waals surface area contributed by atoms with Crippen molar-refractivity contribution < 1.29 is 4.39 Å². The van der Waals surface area contributed by atoms with E-state index in [0.717, 1.165) is 12.8 Å². The van der Waals surface area contributed by atoms with Crippen LogP contribution in [0.25, 0.3) is 0 Å². The molecule has 0 aliphatic rings. The van der Waals surface area contributed by atoms with Crippen LogP contribution in [0.5, 0.6) is 0 Å². The van der Waals surface area contributed by atoms with Gasteiger partial charge in [-0.25, -0.2) is 0 Å². The molecule has 0 aromatic carbocycles. The second-order valence-corrected chi connectivity index (χ2v) is 2.84. The van der Waals surface area contributed by atoms with Gasteiger partial charge in [-0.1, -0.05) is 26.6 Å². The second kappa shape index (κ2) is 3.92. The van der Waals surface area contributed by atoms with E-state index in [-0.39, 0.29) is 12.1 Å². The highest BCUT2D eigenvalue weighted by atomic mass is 19.1. The Hall–Kier alpha value is -0.00506. The van der Waals surface area contributed by atoms with E-state index in [0.29, 0.717) is 6.32 Å². The molecule has 2 heteroatoms. The van der Waals surface area contributed by atoms with Crippen molar-refractivity contribution >= 4 is 7.85 Å². The Kier molecular flexibility index (Phi) is 3.91. The van der Waals surface area contributed by atoms with E-state index < -0.39 is 0 Å². The van der Waals surface area contributed by atoms with Gasteiger partial charge in [0.25, 0.3) is 0 Å². The van der Waals surface area contributed by atoms with E-state index >= 15 is 0 Å². The van der Waals surface area contributed by atoms with E-state index in [1.54, 1.807) is 0 Å². The summed E-state index contributed by atoms with van der Waals surface area (Å²) in [7, 11) is 5.30. The molecule has 0 aromatic rings. The summed E-state index contributed by atoms with van der Waals surface area (Å²) in [6.45, 7) is 3.68. The molecular formula is C7H14BF. The van der Waals surface area contributed by atoms with Gasteiger partial charge in [-0.2, -0.15) is 0 Å². The molecule has 0 spiro atoms. The van der Waals surface area contributed by atoms with Crippen molar-refractivity contribution in [2.75, 3.05) is 6.67 Å². The number of halogens is 1. The van der Waals surface area contributed by atoms with Crippen LogP contribution in [0.2, 0.25) is 6.32 Å². The highest BCUT2D eigenvalue weighted by molar-refractivity contribution is 6.08. The minimum atomic E-state index is -0.249. The number of alkyl halides is 1. The molecule has 2 radical (unpaired) electrons. The predicted molar refractivity (Wildman–Crippen MR) is 39.6 cm³/mol. The monoisotopic (exact) mass is 128 g/mol. The predicted octanol–water partition coefficient (Wildman–Crippen LogP) is 2.35. The third kappa shape index (κ3) is 2.88. The summed E-state index contributed by atoms with van der Waals surface area (Å²) in [4.78, 5) is 0. The first-order chi connectivity index (χ1) is 4.18. The van der Waals surface area contributed by atoms with Gasteiger partial charge >= 0.3 is 0 Å². The van der Waals surface area contributed by atoms with Crippen LogP contribution in [0.1, 0.15) is 26.7 Å². The van der Waals surface area contributed by atoms with Crippen molar-refractivity contribution in [1.29, 1.82) is 0 Å². The summed E-state index contributed by atoms with van der Waals surface area (Å²) < 4.78 is 12.2. The fourth-order valence-electron chi connectivity index (χ4n) is 0.687. The molecule has 0 heterocycles. The smallest absolute Gasteiger partial charge is 0.0947 e. The Morgan fingerprint density at radius 1 is 1.56 bits per heavy atom. The number of rotatable bonds is 4. The molecule has 52 valence electrons. The molecule has 0 aromatic heterocycles. The molecule has 0 aliphatic carbocycles. The molecule has 0 amide bonds. The van der Waals surface area contributed by atoms with Crippen molar-refractivity contribution in [2.24, 2.45) is 5.41 Å². The summed E-state index contributed by atoms with van der Waals surface area (Å²) in [5, 5.41) is 0. The van der Waals surface area contributed by atoms with Gasteiger partial charge < -0.3 is 0 Å². The van der Waals surface area contributed by atoms with E-state index in [1.165, 1.54) is 0 Å². The number of hydrogen-bond donors (Lipinski definition) is 0. The fourth-order valence-corrected chi connectivity index (χ4v) is 0.687. The minimum Gasteiger partial charge on any atom is -0.251 e. The first kappa shape index (κ1) is 8.99. The summed E-state index contributed by atoms with van der Waals surface area (Å²) in [6.07, 6.45) is 2.26. The minimum absolute atomic E-state index is 0.158. The molecule has 0 N–H and O–H groups in total. The Balaban J connectivity index is 3.62. The van der Waals surface area contributed by atoms with Gasteiger partial charge in [0.05, 0.1) is 14.5 Å². The van der Waals surface area contributed by atoms with Crippen LogP contribution >= 0.6 is 0 Å². The van der Waals surface area contributed by atoms with Crippen LogP contribution in [0, 0.1) is 5.41 Å². The van der Waals surface area contributed by atoms with Crippen molar-refractivity contribution in [3.8, 4) is 0 Å². The lowest BCUT2D eigenvalue weighted by molar-refractivity contribution is 0.215. The zero-order chi connectivity index (χ0) is 7.33. The Morgan fingerprint density at radius 3 is 2.22 bits per heavy atom. The molecule has 0 rings (SSSR count). The molecule has 0 fully saturated rings. The zero-order valence-corrected chi connectivity index (χ0v) is 6.28. The van der Waals surface area contributed by atoms with Crippen LogP contribution in [0.15, 0.2) is 0 Å². The molecule has 0 bridgehead atoms. The van der Waals surface area contributed by atoms with E-state index in [4.69, 9.17) is 7.85 Å². The van der Waals surface area contributed by atoms with Gasteiger partial charge in [0.15, 0.2) is 0 Å². The molecule has 1 atom stereocenters.